The third kappa shape index (κ3) is 6.62. The van der Waals surface area contributed by atoms with Crippen LogP contribution in [0.2, 0.25) is 0 Å². The van der Waals surface area contributed by atoms with E-state index >= 15 is 0 Å². The predicted molar refractivity (Wildman–Crippen MR) is 122 cm³/mol. The fourth-order valence-corrected chi connectivity index (χ4v) is 3.41. The second-order valence-electron chi connectivity index (χ2n) is 7.53. The molecule has 0 radical (unpaired) electrons. The molecule has 8 heteroatoms. The van der Waals surface area contributed by atoms with Gasteiger partial charge in [0.05, 0.1) is 0 Å². The minimum absolute atomic E-state index is 0.164. The third-order valence-electron chi connectivity index (χ3n) is 4.50. The maximum absolute atomic E-state index is 12.5. The lowest BCUT2D eigenvalue weighted by atomic mass is 10.1. The predicted octanol–water partition coefficient (Wildman–Crippen LogP) is 4.45. The molecule has 0 spiro atoms. The minimum Gasteiger partial charge on any atom is -0.486 e. The van der Waals surface area contributed by atoms with Gasteiger partial charge in [-0.05, 0) is 49.1 Å². The molecule has 3 aromatic rings. The second-order valence-corrected chi connectivity index (χ2v) is 8.59. The normalized spacial score (nSPS) is 10.7. The summed E-state index contributed by atoms with van der Waals surface area (Å²) < 4.78 is 5.75. The van der Waals surface area contributed by atoms with Crippen molar-refractivity contribution in [3.63, 3.8) is 0 Å². The number of ether oxygens (including phenoxy) is 1. The molecule has 0 fully saturated rings. The SMILES string of the molecule is Cc1ccccc1OCc1nnc(C(=O)Nc2cccc(C(=O)NCCC(C)C)c2)s1. The highest BCUT2D eigenvalue weighted by Crippen LogP contribution is 2.20. The number of hydrogen-bond donors (Lipinski definition) is 2. The van der Waals surface area contributed by atoms with Gasteiger partial charge in [-0.25, -0.2) is 0 Å². The van der Waals surface area contributed by atoms with Crippen LogP contribution in [-0.2, 0) is 6.61 Å². The van der Waals surface area contributed by atoms with Crippen molar-refractivity contribution < 1.29 is 14.3 Å². The average Bonchev–Trinajstić information content (AvgIpc) is 3.22. The van der Waals surface area contributed by atoms with Crippen LogP contribution in [0.1, 0.15) is 51.0 Å². The van der Waals surface area contributed by atoms with Crippen LogP contribution in [0, 0.1) is 12.8 Å². The fraction of sp³-hybridized carbons (Fsp3) is 0.304. The van der Waals surface area contributed by atoms with Crippen LogP contribution >= 0.6 is 11.3 Å². The molecule has 0 saturated heterocycles. The number of nitrogens with one attached hydrogen (secondary N) is 2. The lowest BCUT2D eigenvalue weighted by molar-refractivity contribution is 0.0950. The number of nitrogens with zero attached hydrogens (tertiary/aromatic N) is 2. The van der Waals surface area contributed by atoms with Crippen LogP contribution in [0.5, 0.6) is 5.75 Å². The number of rotatable bonds is 9. The number of amides is 2. The lowest BCUT2D eigenvalue weighted by Crippen LogP contribution is -2.25. The van der Waals surface area contributed by atoms with Crippen LogP contribution in [0.3, 0.4) is 0 Å². The van der Waals surface area contributed by atoms with E-state index in [0.29, 0.717) is 28.7 Å². The molecule has 31 heavy (non-hydrogen) atoms. The van der Waals surface area contributed by atoms with E-state index in [-0.39, 0.29) is 23.4 Å². The maximum atomic E-state index is 12.5. The first-order valence-corrected chi connectivity index (χ1v) is 10.9. The summed E-state index contributed by atoms with van der Waals surface area (Å²) in [6.45, 7) is 7.03. The number of para-hydroxylation sites is 1. The van der Waals surface area contributed by atoms with E-state index in [4.69, 9.17) is 4.74 Å². The monoisotopic (exact) mass is 438 g/mol. The van der Waals surface area contributed by atoms with Crippen molar-refractivity contribution in [1.29, 1.82) is 0 Å². The highest BCUT2D eigenvalue weighted by molar-refractivity contribution is 7.13. The van der Waals surface area contributed by atoms with Gasteiger partial charge in [-0.3, -0.25) is 9.59 Å². The lowest BCUT2D eigenvalue weighted by Gasteiger charge is -2.09. The van der Waals surface area contributed by atoms with E-state index < -0.39 is 0 Å². The molecule has 2 amide bonds. The molecule has 0 bridgehead atoms. The van der Waals surface area contributed by atoms with Crippen molar-refractivity contribution in [2.75, 3.05) is 11.9 Å². The minimum atomic E-state index is -0.378. The number of carbonyl (C=O) groups is 2. The highest BCUT2D eigenvalue weighted by Gasteiger charge is 2.15. The first kappa shape index (κ1) is 22.4. The molecule has 0 unspecified atom stereocenters. The zero-order valence-corrected chi connectivity index (χ0v) is 18.7. The van der Waals surface area contributed by atoms with Gasteiger partial charge in [-0.15, -0.1) is 10.2 Å². The van der Waals surface area contributed by atoms with Gasteiger partial charge in [-0.1, -0.05) is 49.4 Å². The molecule has 0 aliphatic rings. The number of anilines is 1. The summed E-state index contributed by atoms with van der Waals surface area (Å²) in [6.07, 6.45) is 0.912. The first-order valence-electron chi connectivity index (χ1n) is 10.1. The van der Waals surface area contributed by atoms with Crippen LogP contribution < -0.4 is 15.4 Å². The van der Waals surface area contributed by atoms with Gasteiger partial charge in [-0.2, -0.15) is 0 Å². The van der Waals surface area contributed by atoms with Gasteiger partial charge in [0, 0.05) is 17.8 Å². The van der Waals surface area contributed by atoms with Gasteiger partial charge >= 0.3 is 0 Å². The van der Waals surface area contributed by atoms with Gasteiger partial charge in [0.1, 0.15) is 12.4 Å². The van der Waals surface area contributed by atoms with E-state index in [1.54, 1.807) is 24.3 Å². The van der Waals surface area contributed by atoms with Crippen LogP contribution in [0.15, 0.2) is 48.5 Å². The zero-order valence-electron chi connectivity index (χ0n) is 17.8. The Morgan fingerprint density at radius 1 is 1.06 bits per heavy atom. The molecule has 162 valence electrons. The summed E-state index contributed by atoms with van der Waals surface area (Å²) in [5.74, 6) is 0.748. The summed E-state index contributed by atoms with van der Waals surface area (Å²) in [6, 6.07) is 14.5. The van der Waals surface area contributed by atoms with E-state index in [0.717, 1.165) is 17.7 Å². The number of aromatic nitrogens is 2. The van der Waals surface area contributed by atoms with Crippen LogP contribution in [0.4, 0.5) is 5.69 Å². The van der Waals surface area contributed by atoms with Crippen LogP contribution in [-0.4, -0.2) is 28.6 Å². The Balaban J connectivity index is 1.57. The van der Waals surface area contributed by atoms with Crippen molar-refractivity contribution in [3.05, 3.63) is 69.7 Å². The molecule has 2 N–H and O–H groups in total. The maximum Gasteiger partial charge on any atom is 0.286 e. The summed E-state index contributed by atoms with van der Waals surface area (Å²) in [7, 11) is 0. The van der Waals surface area contributed by atoms with Crippen molar-refractivity contribution >= 4 is 28.8 Å². The van der Waals surface area contributed by atoms with Crippen molar-refractivity contribution in [2.24, 2.45) is 5.92 Å². The Hall–Kier alpha value is -3.26. The molecule has 3 rings (SSSR count). The molecule has 0 saturated carbocycles. The topological polar surface area (TPSA) is 93.2 Å². The van der Waals surface area contributed by atoms with Gasteiger partial charge in [0.25, 0.3) is 11.8 Å². The average molecular weight is 439 g/mol. The number of aryl methyl sites for hydroxylation is 1. The number of benzene rings is 2. The summed E-state index contributed by atoms with van der Waals surface area (Å²) in [5.41, 5.74) is 2.04. The van der Waals surface area contributed by atoms with Crippen LogP contribution in [0.25, 0.3) is 0 Å². The molecule has 0 aliphatic heterocycles. The van der Waals surface area contributed by atoms with Gasteiger partial charge in [0.15, 0.2) is 5.01 Å². The zero-order chi connectivity index (χ0) is 22.2. The molecule has 1 heterocycles. The summed E-state index contributed by atoms with van der Waals surface area (Å²) in [4.78, 5) is 24.8. The van der Waals surface area contributed by atoms with Crippen molar-refractivity contribution in [3.8, 4) is 5.75 Å². The molecular formula is C23H26N4O3S. The Morgan fingerprint density at radius 3 is 2.65 bits per heavy atom. The Morgan fingerprint density at radius 2 is 1.87 bits per heavy atom. The summed E-state index contributed by atoms with van der Waals surface area (Å²) in [5, 5.41) is 14.5. The largest absolute Gasteiger partial charge is 0.486 e. The van der Waals surface area contributed by atoms with Gasteiger partial charge in [0.2, 0.25) is 5.01 Å². The molecule has 7 nitrogen and oxygen atoms in total. The standard InChI is InChI=1S/C23H26N4O3S/c1-15(2)11-12-24-21(28)17-8-6-9-18(13-17)25-22(29)23-27-26-20(31-23)14-30-19-10-5-4-7-16(19)3/h4-10,13,15H,11-12,14H2,1-3H3,(H,24,28)(H,25,29). The van der Waals surface area contributed by atoms with Crippen molar-refractivity contribution in [2.45, 2.75) is 33.8 Å². The van der Waals surface area contributed by atoms with E-state index in [9.17, 15) is 9.59 Å². The van der Waals surface area contributed by atoms with E-state index in [1.165, 1.54) is 11.3 Å². The number of hydrogen-bond acceptors (Lipinski definition) is 6. The third-order valence-corrected chi connectivity index (χ3v) is 5.39. The molecule has 0 aliphatic carbocycles. The second kappa shape index (κ2) is 10.7. The molecule has 0 atom stereocenters. The molecule has 1 aromatic heterocycles. The highest BCUT2D eigenvalue weighted by atomic mass is 32.1. The molecular weight excluding hydrogens is 412 g/mol. The van der Waals surface area contributed by atoms with E-state index in [1.807, 2.05) is 31.2 Å². The summed E-state index contributed by atoms with van der Waals surface area (Å²) >= 11 is 1.17. The van der Waals surface area contributed by atoms with Gasteiger partial charge < -0.3 is 15.4 Å². The Labute approximate surface area is 185 Å². The molecule has 2 aromatic carbocycles. The Bertz CT molecular complexity index is 1050. The smallest absolute Gasteiger partial charge is 0.286 e. The van der Waals surface area contributed by atoms with Crippen molar-refractivity contribution in [1.82, 2.24) is 15.5 Å². The number of carbonyl (C=O) groups excluding carboxylic acids is 2. The van der Waals surface area contributed by atoms with E-state index in [2.05, 4.69) is 34.7 Å². The quantitative estimate of drug-likeness (QED) is 0.515. The fourth-order valence-electron chi connectivity index (χ4n) is 2.76. The Kier molecular flexibility index (Phi) is 7.72. The first-order chi connectivity index (χ1) is 14.9.